The third kappa shape index (κ3) is 2.83. The fourth-order valence-corrected chi connectivity index (χ4v) is 2.75. The number of hydrogen-bond donors (Lipinski definition) is 1. The summed E-state index contributed by atoms with van der Waals surface area (Å²) in [6.07, 6.45) is 1.85. The molecule has 5 heteroatoms. The number of aromatic nitrogens is 2. The van der Waals surface area contributed by atoms with E-state index in [1.165, 1.54) is 5.56 Å². The molecule has 2 aromatic rings. The molecule has 1 fully saturated rings. The molecule has 0 amide bonds. The maximum atomic E-state index is 4.73. The van der Waals surface area contributed by atoms with E-state index >= 15 is 0 Å². The number of halogens is 1. The third-order valence-electron chi connectivity index (χ3n) is 3.52. The molecule has 20 heavy (non-hydrogen) atoms. The standard InChI is InChI=1S/C15H17BrN4/c1-11-2-3-12(16)10-13(11)14-4-5-18-15(19-14)20-8-6-17-7-9-20/h2-5,10,17H,6-9H2,1H3. The molecule has 1 N–H and O–H groups in total. The quantitative estimate of drug-likeness (QED) is 0.917. The van der Waals surface area contributed by atoms with E-state index in [1.807, 2.05) is 12.3 Å². The van der Waals surface area contributed by atoms with Crippen LogP contribution in [0.1, 0.15) is 5.56 Å². The predicted molar refractivity (Wildman–Crippen MR) is 85.0 cm³/mol. The second-order valence-corrected chi connectivity index (χ2v) is 5.85. The first kappa shape index (κ1) is 13.5. The zero-order valence-electron chi connectivity index (χ0n) is 11.4. The van der Waals surface area contributed by atoms with Gasteiger partial charge in [-0.15, -0.1) is 0 Å². The molecule has 0 atom stereocenters. The van der Waals surface area contributed by atoms with Gasteiger partial charge in [-0.2, -0.15) is 0 Å². The molecule has 0 unspecified atom stereocenters. The van der Waals surface area contributed by atoms with Crippen LogP contribution in [0.5, 0.6) is 0 Å². The topological polar surface area (TPSA) is 41.1 Å². The summed E-state index contributed by atoms with van der Waals surface area (Å²) in [7, 11) is 0. The summed E-state index contributed by atoms with van der Waals surface area (Å²) in [5.74, 6) is 0.823. The van der Waals surface area contributed by atoms with Crippen LogP contribution in [0.2, 0.25) is 0 Å². The number of aryl methyl sites for hydroxylation is 1. The van der Waals surface area contributed by atoms with Gasteiger partial charge in [-0.3, -0.25) is 0 Å². The number of piperazine rings is 1. The number of nitrogens with one attached hydrogen (secondary N) is 1. The molecule has 4 nitrogen and oxygen atoms in total. The first-order chi connectivity index (χ1) is 9.74. The molecule has 2 heterocycles. The van der Waals surface area contributed by atoms with Crippen molar-refractivity contribution in [2.24, 2.45) is 0 Å². The van der Waals surface area contributed by atoms with E-state index in [0.717, 1.165) is 47.9 Å². The Hall–Kier alpha value is -1.46. The molecule has 1 saturated heterocycles. The molecule has 0 bridgehead atoms. The molecule has 3 rings (SSSR count). The Morgan fingerprint density at radius 1 is 1.20 bits per heavy atom. The molecule has 1 aliphatic heterocycles. The molecular weight excluding hydrogens is 316 g/mol. The zero-order chi connectivity index (χ0) is 13.9. The average molecular weight is 333 g/mol. The molecule has 0 radical (unpaired) electrons. The second kappa shape index (κ2) is 5.89. The Balaban J connectivity index is 1.96. The Morgan fingerprint density at radius 2 is 2.00 bits per heavy atom. The number of rotatable bonds is 2. The maximum absolute atomic E-state index is 4.73. The van der Waals surface area contributed by atoms with Gasteiger partial charge >= 0.3 is 0 Å². The summed E-state index contributed by atoms with van der Waals surface area (Å²) in [5, 5.41) is 3.34. The van der Waals surface area contributed by atoms with Crippen LogP contribution in [0.25, 0.3) is 11.3 Å². The lowest BCUT2D eigenvalue weighted by Gasteiger charge is -2.27. The smallest absolute Gasteiger partial charge is 0.225 e. The van der Waals surface area contributed by atoms with Crippen LogP contribution in [-0.2, 0) is 0 Å². The van der Waals surface area contributed by atoms with Gasteiger partial charge in [0, 0.05) is 42.4 Å². The molecular formula is C15H17BrN4. The van der Waals surface area contributed by atoms with E-state index in [2.05, 4.69) is 56.3 Å². The van der Waals surface area contributed by atoms with Crippen LogP contribution in [0, 0.1) is 6.92 Å². The number of benzene rings is 1. The van der Waals surface area contributed by atoms with Crippen LogP contribution in [0.4, 0.5) is 5.95 Å². The third-order valence-corrected chi connectivity index (χ3v) is 4.01. The Labute approximate surface area is 127 Å². The van der Waals surface area contributed by atoms with Gasteiger partial charge in [-0.05, 0) is 30.7 Å². The average Bonchev–Trinajstić information content (AvgIpc) is 2.51. The van der Waals surface area contributed by atoms with Gasteiger partial charge in [0.05, 0.1) is 5.69 Å². The van der Waals surface area contributed by atoms with Crippen molar-refractivity contribution in [3.05, 3.63) is 40.5 Å². The van der Waals surface area contributed by atoms with Crippen molar-refractivity contribution in [3.8, 4) is 11.3 Å². The van der Waals surface area contributed by atoms with Crippen molar-refractivity contribution in [1.29, 1.82) is 0 Å². The summed E-state index contributed by atoms with van der Waals surface area (Å²) >= 11 is 3.53. The SMILES string of the molecule is Cc1ccc(Br)cc1-c1ccnc(N2CCNCC2)n1. The van der Waals surface area contributed by atoms with Crippen LogP contribution < -0.4 is 10.2 Å². The number of nitrogens with zero attached hydrogens (tertiary/aromatic N) is 3. The van der Waals surface area contributed by atoms with Crippen molar-refractivity contribution in [2.75, 3.05) is 31.1 Å². The molecule has 0 spiro atoms. The predicted octanol–water partition coefficient (Wildman–Crippen LogP) is 2.62. The highest BCUT2D eigenvalue weighted by Crippen LogP contribution is 2.26. The molecule has 1 aromatic carbocycles. The van der Waals surface area contributed by atoms with Crippen molar-refractivity contribution in [2.45, 2.75) is 6.92 Å². The number of anilines is 1. The van der Waals surface area contributed by atoms with E-state index in [-0.39, 0.29) is 0 Å². The fourth-order valence-electron chi connectivity index (χ4n) is 2.39. The lowest BCUT2D eigenvalue weighted by atomic mass is 10.1. The highest BCUT2D eigenvalue weighted by molar-refractivity contribution is 9.10. The Bertz CT molecular complexity index is 609. The molecule has 1 aliphatic rings. The Morgan fingerprint density at radius 3 is 2.80 bits per heavy atom. The molecule has 1 aromatic heterocycles. The lowest BCUT2D eigenvalue weighted by Crippen LogP contribution is -2.44. The number of hydrogen-bond acceptors (Lipinski definition) is 4. The summed E-state index contributed by atoms with van der Waals surface area (Å²) in [6.45, 7) is 6.00. The minimum atomic E-state index is 0.823. The Kier molecular flexibility index (Phi) is 3.98. The summed E-state index contributed by atoms with van der Waals surface area (Å²) in [5.41, 5.74) is 3.35. The van der Waals surface area contributed by atoms with Crippen molar-refractivity contribution >= 4 is 21.9 Å². The van der Waals surface area contributed by atoms with Gasteiger partial charge in [-0.1, -0.05) is 22.0 Å². The minimum absolute atomic E-state index is 0.823. The van der Waals surface area contributed by atoms with E-state index in [9.17, 15) is 0 Å². The van der Waals surface area contributed by atoms with Crippen LogP contribution >= 0.6 is 15.9 Å². The van der Waals surface area contributed by atoms with Crippen molar-refractivity contribution in [3.63, 3.8) is 0 Å². The highest BCUT2D eigenvalue weighted by atomic mass is 79.9. The van der Waals surface area contributed by atoms with Gasteiger partial charge in [0.15, 0.2) is 0 Å². The monoisotopic (exact) mass is 332 g/mol. The maximum Gasteiger partial charge on any atom is 0.225 e. The molecule has 0 saturated carbocycles. The van der Waals surface area contributed by atoms with Crippen LogP contribution in [0.15, 0.2) is 34.9 Å². The first-order valence-corrected chi connectivity index (χ1v) is 7.58. The van der Waals surface area contributed by atoms with Gasteiger partial charge in [0.25, 0.3) is 0 Å². The highest BCUT2D eigenvalue weighted by Gasteiger charge is 2.14. The molecule has 104 valence electrons. The minimum Gasteiger partial charge on any atom is -0.338 e. The second-order valence-electron chi connectivity index (χ2n) is 4.94. The van der Waals surface area contributed by atoms with Gasteiger partial charge in [0.1, 0.15) is 0 Å². The van der Waals surface area contributed by atoms with Crippen LogP contribution in [-0.4, -0.2) is 36.1 Å². The van der Waals surface area contributed by atoms with E-state index in [1.54, 1.807) is 0 Å². The largest absolute Gasteiger partial charge is 0.338 e. The summed E-state index contributed by atoms with van der Waals surface area (Å²) in [4.78, 5) is 11.4. The van der Waals surface area contributed by atoms with Crippen LogP contribution in [0.3, 0.4) is 0 Å². The van der Waals surface area contributed by atoms with E-state index in [4.69, 9.17) is 4.98 Å². The summed E-state index contributed by atoms with van der Waals surface area (Å²) in [6, 6.07) is 8.24. The normalized spacial score (nSPS) is 15.4. The van der Waals surface area contributed by atoms with Gasteiger partial charge in [-0.25, -0.2) is 9.97 Å². The van der Waals surface area contributed by atoms with Crippen molar-refractivity contribution in [1.82, 2.24) is 15.3 Å². The molecule has 0 aliphatic carbocycles. The van der Waals surface area contributed by atoms with Gasteiger partial charge in [0.2, 0.25) is 5.95 Å². The summed E-state index contributed by atoms with van der Waals surface area (Å²) < 4.78 is 1.07. The zero-order valence-corrected chi connectivity index (χ0v) is 13.0. The lowest BCUT2D eigenvalue weighted by molar-refractivity contribution is 0.580. The fraction of sp³-hybridized carbons (Fsp3) is 0.333. The first-order valence-electron chi connectivity index (χ1n) is 6.79. The van der Waals surface area contributed by atoms with E-state index < -0.39 is 0 Å². The van der Waals surface area contributed by atoms with E-state index in [0.29, 0.717) is 0 Å². The van der Waals surface area contributed by atoms with Gasteiger partial charge < -0.3 is 10.2 Å². The van der Waals surface area contributed by atoms with Crippen molar-refractivity contribution < 1.29 is 0 Å².